The number of alkyl halides is 6. The van der Waals surface area contributed by atoms with Crippen LogP contribution in [0.4, 0.5) is 26.3 Å². The van der Waals surface area contributed by atoms with Gasteiger partial charge in [-0.15, -0.1) is 0 Å². The largest absolute Gasteiger partial charge is 0.506 e. The standard InChI is InChI=1S/C21H14F6N2O2/c22-20(23,24)14-5-3-12(4-6-14)16(9-18(31)13-8-15(30)11-28-10-13)19-17(21(25,26)27)2-1-7-29-19/h1-8,10-11,16,30H,9H2/t16-/m0/s1. The molecular formula is C21H14F6N2O2. The minimum absolute atomic E-state index is 0.0543. The molecule has 2 aromatic heterocycles. The molecule has 4 nitrogen and oxygen atoms in total. The van der Waals surface area contributed by atoms with Crippen LogP contribution >= 0.6 is 0 Å². The first-order chi connectivity index (χ1) is 14.5. The first kappa shape index (κ1) is 22.3. The summed E-state index contributed by atoms with van der Waals surface area (Å²) in [5, 5.41) is 9.51. The average molecular weight is 440 g/mol. The predicted molar refractivity (Wildman–Crippen MR) is 97.4 cm³/mol. The van der Waals surface area contributed by atoms with Gasteiger partial charge in [-0.05, 0) is 35.9 Å². The van der Waals surface area contributed by atoms with Crippen molar-refractivity contribution < 1.29 is 36.2 Å². The third-order valence-electron chi connectivity index (χ3n) is 4.55. The second-order valence-electron chi connectivity index (χ2n) is 6.67. The summed E-state index contributed by atoms with van der Waals surface area (Å²) in [5.41, 5.74) is -2.56. The van der Waals surface area contributed by atoms with Crippen molar-refractivity contribution in [3.63, 3.8) is 0 Å². The lowest BCUT2D eigenvalue weighted by Gasteiger charge is -2.21. The van der Waals surface area contributed by atoms with Gasteiger partial charge in [0.1, 0.15) is 5.75 Å². The van der Waals surface area contributed by atoms with Crippen LogP contribution < -0.4 is 0 Å². The number of aromatic hydroxyl groups is 1. The first-order valence-corrected chi connectivity index (χ1v) is 8.83. The molecule has 0 aliphatic heterocycles. The summed E-state index contributed by atoms with van der Waals surface area (Å²) in [6.45, 7) is 0. The number of carbonyl (C=O) groups excluding carboxylic acids is 1. The van der Waals surface area contributed by atoms with Crippen LogP contribution in [0.5, 0.6) is 5.75 Å². The van der Waals surface area contributed by atoms with Gasteiger partial charge in [0.15, 0.2) is 5.78 Å². The monoisotopic (exact) mass is 440 g/mol. The van der Waals surface area contributed by atoms with Crippen molar-refractivity contribution in [2.45, 2.75) is 24.7 Å². The van der Waals surface area contributed by atoms with Crippen LogP contribution in [0.15, 0.2) is 61.1 Å². The van der Waals surface area contributed by atoms with Crippen molar-refractivity contribution in [3.8, 4) is 5.75 Å². The second kappa shape index (κ2) is 8.37. The maximum Gasteiger partial charge on any atom is 0.418 e. The third kappa shape index (κ3) is 5.19. The molecule has 0 fully saturated rings. The smallest absolute Gasteiger partial charge is 0.418 e. The molecule has 0 saturated carbocycles. The molecule has 10 heteroatoms. The van der Waals surface area contributed by atoms with Crippen LogP contribution in [-0.2, 0) is 12.4 Å². The number of carbonyl (C=O) groups is 1. The highest BCUT2D eigenvalue weighted by atomic mass is 19.4. The minimum atomic E-state index is -4.79. The van der Waals surface area contributed by atoms with Gasteiger partial charge in [-0.1, -0.05) is 12.1 Å². The lowest BCUT2D eigenvalue weighted by atomic mass is 9.86. The van der Waals surface area contributed by atoms with E-state index in [1.165, 1.54) is 0 Å². The topological polar surface area (TPSA) is 63.1 Å². The van der Waals surface area contributed by atoms with E-state index in [4.69, 9.17) is 0 Å². The van der Waals surface area contributed by atoms with Crippen LogP contribution in [-0.4, -0.2) is 20.9 Å². The van der Waals surface area contributed by atoms with Crippen LogP contribution in [0, 0.1) is 0 Å². The highest BCUT2D eigenvalue weighted by Crippen LogP contribution is 2.39. The fraction of sp³-hybridized carbons (Fsp3) is 0.190. The number of ketones is 1. The van der Waals surface area contributed by atoms with E-state index < -0.39 is 47.3 Å². The molecule has 0 unspecified atom stereocenters. The number of pyridine rings is 2. The Morgan fingerprint density at radius 2 is 1.65 bits per heavy atom. The molecule has 0 aliphatic carbocycles. The Bertz CT molecular complexity index is 1080. The molecule has 162 valence electrons. The maximum absolute atomic E-state index is 13.5. The Kier molecular flexibility index (Phi) is 6.01. The summed E-state index contributed by atoms with van der Waals surface area (Å²) >= 11 is 0. The Hall–Kier alpha value is -3.43. The molecule has 0 amide bonds. The molecule has 31 heavy (non-hydrogen) atoms. The van der Waals surface area contributed by atoms with Crippen LogP contribution in [0.25, 0.3) is 0 Å². The highest BCUT2D eigenvalue weighted by Gasteiger charge is 2.37. The van der Waals surface area contributed by atoms with E-state index in [1.807, 2.05) is 0 Å². The van der Waals surface area contributed by atoms with Crippen LogP contribution in [0.2, 0.25) is 0 Å². The summed E-state index contributed by atoms with van der Waals surface area (Å²) in [7, 11) is 0. The molecule has 1 atom stereocenters. The zero-order valence-corrected chi connectivity index (χ0v) is 15.6. The van der Waals surface area contributed by atoms with Gasteiger partial charge in [-0.3, -0.25) is 14.8 Å². The number of hydrogen-bond acceptors (Lipinski definition) is 4. The van der Waals surface area contributed by atoms with Gasteiger partial charge in [0.25, 0.3) is 0 Å². The Balaban J connectivity index is 2.08. The van der Waals surface area contributed by atoms with E-state index in [2.05, 4.69) is 9.97 Å². The van der Waals surface area contributed by atoms with Crippen LogP contribution in [0.3, 0.4) is 0 Å². The van der Waals surface area contributed by atoms with E-state index in [9.17, 15) is 36.2 Å². The molecule has 1 aromatic carbocycles. The van der Waals surface area contributed by atoms with E-state index in [0.29, 0.717) is 0 Å². The van der Waals surface area contributed by atoms with Gasteiger partial charge in [-0.2, -0.15) is 26.3 Å². The number of aromatic nitrogens is 2. The molecule has 0 saturated heterocycles. The molecule has 2 heterocycles. The summed E-state index contributed by atoms with van der Waals surface area (Å²) < 4.78 is 79.3. The molecule has 0 spiro atoms. The van der Waals surface area contributed by atoms with Gasteiger partial charge in [0, 0.05) is 30.3 Å². The predicted octanol–water partition coefficient (Wildman–Crippen LogP) is 5.62. The van der Waals surface area contributed by atoms with Gasteiger partial charge >= 0.3 is 12.4 Å². The normalized spacial score (nSPS) is 13.1. The van der Waals surface area contributed by atoms with Crippen molar-refractivity contribution in [1.29, 1.82) is 0 Å². The number of Topliss-reactive ketones (excluding diaryl/α,β-unsaturated/α-hetero) is 1. The molecule has 3 rings (SSSR count). The quantitative estimate of drug-likeness (QED) is 0.413. The Labute approximate surface area is 172 Å². The summed E-state index contributed by atoms with van der Waals surface area (Å²) in [6.07, 6.45) is -6.62. The van der Waals surface area contributed by atoms with E-state index in [-0.39, 0.29) is 16.9 Å². The number of rotatable bonds is 5. The fourth-order valence-electron chi connectivity index (χ4n) is 3.10. The second-order valence-corrected chi connectivity index (χ2v) is 6.67. The number of nitrogens with zero attached hydrogens (tertiary/aromatic N) is 2. The maximum atomic E-state index is 13.5. The fourth-order valence-corrected chi connectivity index (χ4v) is 3.10. The highest BCUT2D eigenvalue weighted by molar-refractivity contribution is 5.96. The van der Waals surface area contributed by atoms with Gasteiger partial charge in [-0.25, -0.2) is 0 Å². The van der Waals surface area contributed by atoms with Gasteiger partial charge in [0.05, 0.1) is 23.0 Å². The average Bonchev–Trinajstić information content (AvgIpc) is 2.71. The Morgan fingerprint density at radius 1 is 0.968 bits per heavy atom. The minimum Gasteiger partial charge on any atom is -0.506 e. The van der Waals surface area contributed by atoms with Gasteiger partial charge in [0.2, 0.25) is 0 Å². The summed E-state index contributed by atoms with van der Waals surface area (Å²) in [5.74, 6) is -2.26. The summed E-state index contributed by atoms with van der Waals surface area (Å²) in [4.78, 5) is 20.2. The van der Waals surface area contributed by atoms with Crippen molar-refractivity contribution in [3.05, 3.63) is 89.0 Å². The van der Waals surface area contributed by atoms with Gasteiger partial charge < -0.3 is 5.11 Å². The van der Waals surface area contributed by atoms with Crippen molar-refractivity contribution >= 4 is 5.78 Å². The molecular weight excluding hydrogens is 426 g/mol. The van der Waals surface area contributed by atoms with E-state index in [1.54, 1.807) is 0 Å². The molecule has 0 aliphatic rings. The SMILES string of the molecule is O=C(C[C@@H](c1ccc(C(F)(F)F)cc1)c1ncccc1C(F)(F)F)c1cncc(O)c1. The molecule has 1 N–H and O–H groups in total. The third-order valence-corrected chi connectivity index (χ3v) is 4.55. The van der Waals surface area contributed by atoms with E-state index >= 15 is 0 Å². The zero-order valence-electron chi connectivity index (χ0n) is 15.6. The number of hydrogen-bond donors (Lipinski definition) is 1. The van der Waals surface area contributed by atoms with Crippen molar-refractivity contribution in [1.82, 2.24) is 9.97 Å². The number of halogens is 6. The first-order valence-electron chi connectivity index (χ1n) is 8.83. The molecule has 0 bridgehead atoms. The number of benzene rings is 1. The van der Waals surface area contributed by atoms with Crippen molar-refractivity contribution in [2.24, 2.45) is 0 Å². The lowest BCUT2D eigenvalue weighted by Crippen LogP contribution is -2.17. The summed E-state index contributed by atoms with van der Waals surface area (Å²) in [6, 6.07) is 6.49. The van der Waals surface area contributed by atoms with Crippen molar-refractivity contribution in [2.75, 3.05) is 0 Å². The zero-order chi connectivity index (χ0) is 22.8. The molecule has 3 aromatic rings. The lowest BCUT2D eigenvalue weighted by molar-refractivity contribution is -0.139. The van der Waals surface area contributed by atoms with Crippen LogP contribution in [0.1, 0.15) is 45.1 Å². The Morgan fingerprint density at radius 3 is 2.23 bits per heavy atom. The molecule has 0 radical (unpaired) electrons. The van der Waals surface area contributed by atoms with E-state index in [0.717, 1.165) is 61.1 Å².